The summed E-state index contributed by atoms with van der Waals surface area (Å²) >= 11 is 3.52. The van der Waals surface area contributed by atoms with Crippen molar-refractivity contribution in [3.8, 4) is 17.2 Å². The lowest BCUT2D eigenvalue weighted by atomic mass is 10.1. The molecule has 0 fully saturated rings. The predicted molar refractivity (Wildman–Crippen MR) is 83.8 cm³/mol. The molecule has 0 aliphatic carbocycles. The molecule has 0 aromatic heterocycles. The Morgan fingerprint density at radius 1 is 1.00 bits per heavy atom. The van der Waals surface area contributed by atoms with Crippen LogP contribution in [0.4, 0.5) is 0 Å². The molecule has 0 atom stereocenters. The Hall–Kier alpha value is -1.72. The number of hydrogen-bond acceptors (Lipinski definition) is 4. The minimum atomic E-state index is 0.287. The molecular weight excluding hydrogens is 334 g/mol. The summed E-state index contributed by atoms with van der Waals surface area (Å²) in [4.78, 5) is 0. The molecule has 2 aromatic rings. The lowest BCUT2D eigenvalue weighted by Crippen LogP contribution is -2.17. The van der Waals surface area contributed by atoms with Crippen molar-refractivity contribution in [3.63, 3.8) is 0 Å². The molecule has 0 spiro atoms. The Labute approximate surface area is 131 Å². The molecule has 2 N–H and O–H groups in total. The Bertz CT molecular complexity index is 628. The maximum Gasteiger partial charge on any atom is 0.175 e. The highest BCUT2D eigenvalue weighted by Crippen LogP contribution is 2.38. The topological polar surface area (TPSA) is 50.7 Å². The summed E-state index contributed by atoms with van der Waals surface area (Å²) in [6, 6.07) is 11.2. The van der Waals surface area contributed by atoms with Crippen LogP contribution in [0.2, 0.25) is 0 Å². The third kappa shape index (κ3) is 3.49. The highest BCUT2D eigenvalue weighted by molar-refractivity contribution is 9.10. The van der Waals surface area contributed by atoms with E-state index in [1.54, 1.807) is 12.1 Å². The quantitative estimate of drug-likeness (QED) is 0.889. The van der Waals surface area contributed by atoms with Gasteiger partial charge in [0.1, 0.15) is 19.0 Å². The summed E-state index contributed by atoms with van der Waals surface area (Å²) in [5.74, 6) is 1.86. The third-order valence-corrected chi connectivity index (χ3v) is 3.84. The summed E-state index contributed by atoms with van der Waals surface area (Å²) in [6.07, 6.45) is 0. The van der Waals surface area contributed by atoms with Gasteiger partial charge in [0.15, 0.2) is 11.5 Å². The van der Waals surface area contributed by atoms with Crippen molar-refractivity contribution in [2.24, 2.45) is 0 Å². The van der Waals surface area contributed by atoms with E-state index < -0.39 is 0 Å². The van der Waals surface area contributed by atoms with Crippen molar-refractivity contribution in [1.82, 2.24) is 5.32 Å². The first kappa shape index (κ1) is 14.2. The molecule has 1 aliphatic rings. The highest BCUT2D eigenvalue weighted by Gasteiger charge is 2.16. The monoisotopic (exact) mass is 349 g/mol. The number of phenolic OH excluding ortho intramolecular Hbond substituents is 1. The van der Waals surface area contributed by atoms with Gasteiger partial charge in [0, 0.05) is 13.1 Å². The van der Waals surface area contributed by atoms with E-state index in [1.165, 1.54) is 0 Å². The minimum absolute atomic E-state index is 0.287. The van der Waals surface area contributed by atoms with Crippen LogP contribution in [0.25, 0.3) is 0 Å². The molecule has 110 valence electrons. The first-order valence-corrected chi connectivity index (χ1v) is 7.58. The Kier molecular flexibility index (Phi) is 4.31. The zero-order valence-corrected chi connectivity index (χ0v) is 13.0. The summed E-state index contributed by atoms with van der Waals surface area (Å²) in [6.45, 7) is 2.65. The van der Waals surface area contributed by atoms with Gasteiger partial charge < -0.3 is 19.9 Å². The number of nitrogens with one attached hydrogen (secondary N) is 1. The van der Waals surface area contributed by atoms with Gasteiger partial charge in [-0.2, -0.15) is 0 Å². The van der Waals surface area contributed by atoms with Crippen molar-refractivity contribution in [1.29, 1.82) is 0 Å². The first-order valence-electron chi connectivity index (χ1n) is 6.79. The number of rotatable bonds is 4. The standard InChI is InChI=1S/C16H16BrNO3/c17-14-7-12(8-15-16(14)21-6-5-20-15)10-18-9-11-1-3-13(19)4-2-11/h1-4,7-8,18-19H,5-6,9-10H2. The number of phenols is 1. The average Bonchev–Trinajstić information content (AvgIpc) is 2.49. The normalized spacial score (nSPS) is 13.2. The molecule has 0 saturated heterocycles. The number of hydrogen-bond donors (Lipinski definition) is 2. The van der Waals surface area contributed by atoms with Crippen molar-refractivity contribution < 1.29 is 14.6 Å². The second kappa shape index (κ2) is 6.37. The summed E-state index contributed by atoms with van der Waals surface area (Å²) in [7, 11) is 0. The van der Waals surface area contributed by atoms with Gasteiger partial charge >= 0.3 is 0 Å². The molecule has 0 unspecified atom stereocenters. The van der Waals surface area contributed by atoms with Crippen LogP contribution in [0, 0.1) is 0 Å². The van der Waals surface area contributed by atoms with Crippen molar-refractivity contribution in [2.45, 2.75) is 13.1 Å². The fraction of sp³-hybridized carbons (Fsp3) is 0.250. The van der Waals surface area contributed by atoms with Gasteiger partial charge in [-0.1, -0.05) is 12.1 Å². The van der Waals surface area contributed by atoms with Gasteiger partial charge in [0.2, 0.25) is 0 Å². The summed E-state index contributed by atoms with van der Waals surface area (Å²) in [5.41, 5.74) is 2.26. The van der Waals surface area contributed by atoms with Crippen LogP contribution in [0.15, 0.2) is 40.9 Å². The third-order valence-electron chi connectivity index (χ3n) is 3.25. The van der Waals surface area contributed by atoms with Gasteiger partial charge in [0.05, 0.1) is 4.47 Å². The maximum atomic E-state index is 9.25. The summed E-state index contributed by atoms with van der Waals surface area (Å²) < 4.78 is 12.1. The van der Waals surface area contributed by atoms with Gasteiger partial charge in [-0.25, -0.2) is 0 Å². The molecule has 0 radical (unpaired) electrons. The SMILES string of the molecule is Oc1ccc(CNCc2cc(Br)c3c(c2)OCCO3)cc1. The molecule has 2 aromatic carbocycles. The fourth-order valence-electron chi connectivity index (χ4n) is 2.23. The number of ether oxygens (including phenoxy) is 2. The smallest absolute Gasteiger partial charge is 0.175 e. The molecule has 1 heterocycles. The number of halogens is 1. The Morgan fingerprint density at radius 2 is 1.71 bits per heavy atom. The Morgan fingerprint density at radius 3 is 2.52 bits per heavy atom. The fourth-order valence-corrected chi connectivity index (χ4v) is 2.84. The number of fused-ring (bicyclic) bond motifs is 1. The highest BCUT2D eigenvalue weighted by atomic mass is 79.9. The van der Waals surface area contributed by atoms with E-state index in [4.69, 9.17) is 9.47 Å². The average molecular weight is 350 g/mol. The van der Waals surface area contributed by atoms with E-state index >= 15 is 0 Å². The Balaban J connectivity index is 1.63. The lowest BCUT2D eigenvalue weighted by molar-refractivity contribution is 0.170. The predicted octanol–water partition coefficient (Wildman–Crippen LogP) is 3.22. The van der Waals surface area contributed by atoms with Crippen molar-refractivity contribution in [3.05, 3.63) is 52.0 Å². The largest absolute Gasteiger partial charge is 0.508 e. The van der Waals surface area contributed by atoms with E-state index in [2.05, 4.69) is 21.2 Å². The van der Waals surface area contributed by atoms with Crippen LogP contribution in [-0.2, 0) is 13.1 Å². The van der Waals surface area contributed by atoms with Gasteiger partial charge in [0.25, 0.3) is 0 Å². The van der Waals surface area contributed by atoms with Crippen molar-refractivity contribution in [2.75, 3.05) is 13.2 Å². The van der Waals surface area contributed by atoms with Crippen LogP contribution in [0.3, 0.4) is 0 Å². The molecular formula is C16H16BrNO3. The molecule has 3 rings (SSSR count). The van der Waals surface area contributed by atoms with Gasteiger partial charge in [-0.05, 0) is 51.3 Å². The van der Waals surface area contributed by atoms with Crippen LogP contribution in [0.5, 0.6) is 17.2 Å². The minimum Gasteiger partial charge on any atom is -0.508 e. The van der Waals surface area contributed by atoms with Crippen LogP contribution in [-0.4, -0.2) is 18.3 Å². The first-order chi connectivity index (χ1) is 10.2. The van der Waals surface area contributed by atoms with E-state index in [-0.39, 0.29) is 5.75 Å². The molecule has 0 amide bonds. The zero-order valence-electron chi connectivity index (χ0n) is 11.4. The van der Waals surface area contributed by atoms with Crippen molar-refractivity contribution >= 4 is 15.9 Å². The summed E-state index contributed by atoms with van der Waals surface area (Å²) in [5, 5.41) is 12.6. The van der Waals surface area contributed by atoms with E-state index in [1.807, 2.05) is 24.3 Å². The molecule has 21 heavy (non-hydrogen) atoms. The van der Waals surface area contributed by atoms with Crippen LogP contribution < -0.4 is 14.8 Å². The molecule has 4 nitrogen and oxygen atoms in total. The zero-order chi connectivity index (χ0) is 14.7. The molecule has 0 bridgehead atoms. The lowest BCUT2D eigenvalue weighted by Gasteiger charge is -2.20. The molecule has 5 heteroatoms. The second-order valence-corrected chi connectivity index (χ2v) is 5.73. The van der Waals surface area contributed by atoms with E-state index in [9.17, 15) is 5.11 Å². The second-order valence-electron chi connectivity index (χ2n) is 4.87. The number of benzene rings is 2. The maximum absolute atomic E-state index is 9.25. The van der Waals surface area contributed by atoms with E-state index in [0.29, 0.717) is 13.2 Å². The van der Waals surface area contributed by atoms with Gasteiger partial charge in [-0.15, -0.1) is 0 Å². The molecule has 0 saturated carbocycles. The number of aromatic hydroxyl groups is 1. The van der Waals surface area contributed by atoms with Crippen LogP contribution >= 0.6 is 15.9 Å². The molecule has 1 aliphatic heterocycles. The van der Waals surface area contributed by atoms with Gasteiger partial charge in [-0.3, -0.25) is 0 Å². The van der Waals surface area contributed by atoms with E-state index in [0.717, 1.165) is 40.2 Å². The van der Waals surface area contributed by atoms with Crippen LogP contribution in [0.1, 0.15) is 11.1 Å².